The Bertz CT molecular complexity index is 253. The molecule has 0 atom stereocenters. The number of nitrogens with zero attached hydrogens (tertiary/aromatic N) is 2. The van der Waals surface area contributed by atoms with Gasteiger partial charge in [0.1, 0.15) is 0 Å². The third kappa shape index (κ3) is 2.22. The van der Waals surface area contributed by atoms with Crippen LogP contribution in [0.5, 0.6) is 0 Å². The van der Waals surface area contributed by atoms with Crippen molar-refractivity contribution in [2.75, 3.05) is 6.26 Å². The number of nitrogens with two attached hydrogens (primary N) is 1. The Morgan fingerprint density at radius 2 is 2.25 bits per heavy atom. The molecule has 0 aliphatic rings. The van der Waals surface area contributed by atoms with E-state index in [9.17, 15) is 0 Å². The predicted octanol–water partition coefficient (Wildman–Crippen LogP) is 1.13. The van der Waals surface area contributed by atoms with Crippen LogP contribution < -0.4 is 5.73 Å². The Morgan fingerprint density at radius 1 is 1.58 bits per heavy atom. The summed E-state index contributed by atoms with van der Waals surface area (Å²) in [7, 11) is 0. The third-order valence-electron chi connectivity index (χ3n) is 1.31. The molecule has 1 aromatic heterocycles. The highest BCUT2D eigenvalue weighted by Crippen LogP contribution is 2.14. The maximum atomic E-state index is 5.77. The van der Waals surface area contributed by atoms with E-state index in [1.165, 1.54) is 0 Å². The highest BCUT2D eigenvalue weighted by Gasteiger charge is 2.20. The molecule has 0 aliphatic heterocycles. The molecule has 4 nitrogen and oxygen atoms in total. The lowest BCUT2D eigenvalue weighted by Gasteiger charge is -2.11. The van der Waals surface area contributed by atoms with Gasteiger partial charge in [0, 0.05) is 0 Å². The van der Waals surface area contributed by atoms with Crippen LogP contribution in [0.25, 0.3) is 0 Å². The molecule has 0 amide bonds. The number of thioether (sulfide) groups is 1. The van der Waals surface area contributed by atoms with Gasteiger partial charge in [-0.05, 0) is 20.1 Å². The van der Waals surface area contributed by atoms with E-state index in [1.807, 2.05) is 20.1 Å². The van der Waals surface area contributed by atoms with Crippen LogP contribution >= 0.6 is 11.8 Å². The molecule has 0 radical (unpaired) electrons. The molecule has 1 rings (SSSR count). The summed E-state index contributed by atoms with van der Waals surface area (Å²) < 4.78 is 4.97. The monoisotopic (exact) mass is 187 g/mol. The van der Waals surface area contributed by atoms with Crippen molar-refractivity contribution >= 4 is 11.8 Å². The van der Waals surface area contributed by atoms with Gasteiger partial charge in [0.05, 0.1) is 11.3 Å². The van der Waals surface area contributed by atoms with Gasteiger partial charge >= 0.3 is 0 Å². The van der Waals surface area contributed by atoms with Gasteiger partial charge in [0.15, 0.2) is 5.82 Å². The zero-order valence-electron chi connectivity index (χ0n) is 7.50. The van der Waals surface area contributed by atoms with Gasteiger partial charge in [-0.2, -0.15) is 16.7 Å². The normalized spacial score (nSPS) is 12.0. The van der Waals surface area contributed by atoms with Crippen LogP contribution in [-0.4, -0.2) is 16.4 Å². The van der Waals surface area contributed by atoms with Gasteiger partial charge in [-0.3, -0.25) is 0 Å². The van der Waals surface area contributed by atoms with Crippen LogP contribution in [0.3, 0.4) is 0 Å². The second kappa shape index (κ2) is 3.45. The smallest absolute Gasteiger partial charge is 0.236 e. The zero-order chi connectivity index (χ0) is 9.19. The highest BCUT2D eigenvalue weighted by molar-refractivity contribution is 7.97. The lowest BCUT2D eigenvalue weighted by atomic mass is 10.1. The molecule has 0 bridgehead atoms. The molecule has 1 aromatic rings. The fraction of sp³-hybridized carbons (Fsp3) is 0.714. The second-order valence-electron chi connectivity index (χ2n) is 3.17. The fourth-order valence-electron chi connectivity index (χ4n) is 0.699. The van der Waals surface area contributed by atoms with Crippen LogP contribution in [0.1, 0.15) is 25.6 Å². The maximum absolute atomic E-state index is 5.77. The molecule has 0 aliphatic carbocycles. The quantitative estimate of drug-likeness (QED) is 0.768. The molecule has 0 spiro atoms. The maximum Gasteiger partial charge on any atom is 0.236 e. The summed E-state index contributed by atoms with van der Waals surface area (Å²) in [5, 5.41) is 3.78. The standard InChI is InChI=1S/C7H13N3OS/c1-7(2,8)6-9-5(4-12-3)11-10-6/h4,8H2,1-3H3. The molecule has 0 fully saturated rings. The van der Waals surface area contributed by atoms with Crippen molar-refractivity contribution in [1.82, 2.24) is 10.1 Å². The first-order valence-electron chi connectivity index (χ1n) is 3.65. The van der Waals surface area contributed by atoms with Crippen LogP contribution in [0.15, 0.2) is 4.52 Å². The minimum absolute atomic E-state index is 0.514. The Kier molecular flexibility index (Phi) is 2.74. The number of rotatable bonds is 3. The molecule has 0 unspecified atom stereocenters. The average molecular weight is 187 g/mol. The van der Waals surface area contributed by atoms with E-state index in [0.717, 1.165) is 5.75 Å². The van der Waals surface area contributed by atoms with Gasteiger partial charge in [-0.1, -0.05) is 5.16 Å². The van der Waals surface area contributed by atoms with Crippen molar-refractivity contribution in [2.24, 2.45) is 5.73 Å². The molecule has 0 saturated carbocycles. The van der Waals surface area contributed by atoms with E-state index in [4.69, 9.17) is 10.3 Å². The van der Waals surface area contributed by atoms with Crippen LogP contribution in [0.4, 0.5) is 0 Å². The Balaban J connectivity index is 2.77. The van der Waals surface area contributed by atoms with E-state index in [2.05, 4.69) is 10.1 Å². The zero-order valence-corrected chi connectivity index (χ0v) is 8.31. The van der Waals surface area contributed by atoms with Gasteiger partial charge in [-0.25, -0.2) is 0 Å². The molecule has 2 N–H and O–H groups in total. The van der Waals surface area contributed by atoms with Crippen molar-refractivity contribution in [3.05, 3.63) is 11.7 Å². The lowest BCUT2D eigenvalue weighted by molar-refractivity contribution is 0.370. The van der Waals surface area contributed by atoms with E-state index in [0.29, 0.717) is 11.7 Å². The van der Waals surface area contributed by atoms with E-state index in [1.54, 1.807) is 11.8 Å². The summed E-state index contributed by atoms with van der Waals surface area (Å²) in [5.41, 5.74) is 5.26. The Morgan fingerprint density at radius 3 is 2.67 bits per heavy atom. The molecular weight excluding hydrogens is 174 g/mol. The first-order valence-corrected chi connectivity index (χ1v) is 5.04. The van der Waals surface area contributed by atoms with Crippen molar-refractivity contribution in [3.8, 4) is 0 Å². The molecule has 12 heavy (non-hydrogen) atoms. The first kappa shape index (κ1) is 9.54. The van der Waals surface area contributed by atoms with Gasteiger partial charge in [0.2, 0.25) is 5.89 Å². The summed E-state index contributed by atoms with van der Waals surface area (Å²) in [6.07, 6.45) is 1.98. The summed E-state index contributed by atoms with van der Waals surface area (Å²) in [5.74, 6) is 1.94. The van der Waals surface area contributed by atoms with Gasteiger partial charge in [0.25, 0.3) is 0 Å². The van der Waals surface area contributed by atoms with Crippen molar-refractivity contribution in [1.29, 1.82) is 0 Å². The SMILES string of the molecule is CSCc1nc(C(C)(C)N)no1. The molecule has 5 heteroatoms. The molecule has 68 valence electrons. The molecule has 0 saturated heterocycles. The molecule has 1 heterocycles. The van der Waals surface area contributed by atoms with Crippen LogP contribution in [0.2, 0.25) is 0 Å². The Hall–Kier alpha value is -0.550. The van der Waals surface area contributed by atoms with Crippen molar-refractivity contribution in [3.63, 3.8) is 0 Å². The Labute approximate surface area is 75.9 Å². The average Bonchev–Trinajstić information content (AvgIpc) is 2.35. The summed E-state index contributed by atoms with van der Waals surface area (Å²) in [6, 6.07) is 0. The fourth-order valence-corrected chi connectivity index (χ4v) is 1.06. The third-order valence-corrected chi connectivity index (χ3v) is 1.85. The van der Waals surface area contributed by atoms with E-state index in [-0.39, 0.29) is 0 Å². The minimum Gasteiger partial charge on any atom is -0.338 e. The second-order valence-corrected chi connectivity index (χ2v) is 4.03. The van der Waals surface area contributed by atoms with Crippen LogP contribution in [-0.2, 0) is 11.3 Å². The van der Waals surface area contributed by atoms with Gasteiger partial charge < -0.3 is 10.3 Å². The largest absolute Gasteiger partial charge is 0.338 e. The highest BCUT2D eigenvalue weighted by atomic mass is 32.2. The van der Waals surface area contributed by atoms with Gasteiger partial charge in [-0.15, -0.1) is 0 Å². The molecule has 0 aromatic carbocycles. The molecular formula is C7H13N3OS. The summed E-state index contributed by atoms with van der Waals surface area (Å²) in [4.78, 5) is 4.15. The summed E-state index contributed by atoms with van der Waals surface area (Å²) in [6.45, 7) is 3.70. The van der Waals surface area contributed by atoms with Crippen molar-refractivity contribution < 1.29 is 4.52 Å². The van der Waals surface area contributed by atoms with E-state index < -0.39 is 5.54 Å². The van der Waals surface area contributed by atoms with Crippen LogP contribution in [0, 0.1) is 0 Å². The number of aromatic nitrogens is 2. The minimum atomic E-state index is -0.514. The number of hydrogen-bond acceptors (Lipinski definition) is 5. The first-order chi connectivity index (χ1) is 5.54. The topological polar surface area (TPSA) is 64.9 Å². The van der Waals surface area contributed by atoms with Crippen molar-refractivity contribution in [2.45, 2.75) is 25.1 Å². The number of hydrogen-bond donors (Lipinski definition) is 1. The van der Waals surface area contributed by atoms with E-state index >= 15 is 0 Å². The predicted molar refractivity (Wildman–Crippen MR) is 48.7 cm³/mol. The lowest BCUT2D eigenvalue weighted by Crippen LogP contribution is -2.30. The summed E-state index contributed by atoms with van der Waals surface area (Å²) >= 11 is 1.64.